The number of aromatic nitrogens is 2. The molecule has 1 heterocycles. The maximum atomic E-state index is 13.2. The summed E-state index contributed by atoms with van der Waals surface area (Å²) in [5, 5.41) is 4.01. The summed E-state index contributed by atoms with van der Waals surface area (Å²) in [5.74, 6) is 0.245. The number of nitrogen functional groups attached to an aromatic ring is 1. The molecule has 0 aliphatic carbocycles. The predicted molar refractivity (Wildman–Crippen MR) is 62.7 cm³/mol. The zero-order valence-electron chi connectivity index (χ0n) is 9.34. The Bertz CT molecular complexity index is 484. The summed E-state index contributed by atoms with van der Waals surface area (Å²) in [6.07, 6.45) is 1.78. The summed E-state index contributed by atoms with van der Waals surface area (Å²) in [5.41, 5.74) is 6.03. The average molecular weight is 235 g/mol. The van der Waals surface area contributed by atoms with Gasteiger partial charge in [-0.3, -0.25) is 4.68 Å². The van der Waals surface area contributed by atoms with E-state index in [1.165, 1.54) is 6.07 Å². The van der Waals surface area contributed by atoms with Gasteiger partial charge in [0.15, 0.2) is 0 Å². The topological polar surface area (TPSA) is 53.1 Å². The van der Waals surface area contributed by atoms with E-state index in [4.69, 9.17) is 10.5 Å². The molecule has 0 atom stereocenters. The van der Waals surface area contributed by atoms with Crippen molar-refractivity contribution < 1.29 is 9.13 Å². The van der Waals surface area contributed by atoms with E-state index in [1.54, 1.807) is 35.1 Å². The Morgan fingerprint density at radius 2 is 2.12 bits per heavy atom. The quantitative estimate of drug-likeness (QED) is 0.804. The first-order valence-electron chi connectivity index (χ1n) is 5.36. The van der Waals surface area contributed by atoms with Crippen LogP contribution < -0.4 is 5.73 Å². The van der Waals surface area contributed by atoms with Gasteiger partial charge in [0.1, 0.15) is 11.6 Å². The van der Waals surface area contributed by atoms with Crippen molar-refractivity contribution in [1.29, 1.82) is 0 Å². The Balaban J connectivity index is 1.75. The van der Waals surface area contributed by atoms with Crippen LogP contribution in [0.2, 0.25) is 0 Å². The van der Waals surface area contributed by atoms with E-state index >= 15 is 0 Å². The smallest absolute Gasteiger partial charge is 0.145 e. The fraction of sp³-hybridized carbons (Fsp3) is 0.250. The lowest BCUT2D eigenvalue weighted by atomic mass is 10.2. The van der Waals surface area contributed by atoms with Gasteiger partial charge >= 0.3 is 0 Å². The largest absolute Gasteiger partial charge is 0.382 e. The lowest BCUT2D eigenvalue weighted by Crippen LogP contribution is -2.07. The highest BCUT2D eigenvalue weighted by Crippen LogP contribution is 2.07. The van der Waals surface area contributed by atoms with Gasteiger partial charge in [0.2, 0.25) is 0 Å². The molecule has 0 amide bonds. The highest BCUT2D eigenvalue weighted by atomic mass is 19.1. The summed E-state index contributed by atoms with van der Waals surface area (Å²) < 4.78 is 20.3. The average Bonchev–Trinajstić information content (AvgIpc) is 2.73. The summed E-state index contributed by atoms with van der Waals surface area (Å²) in [7, 11) is 0. The summed E-state index contributed by atoms with van der Waals surface area (Å²) in [4.78, 5) is 0. The number of rotatable bonds is 5. The van der Waals surface area contributed by atoms with Crippen LogP contribution in [0.15, 0.2) is 36.5 Å². The number of halogens is 1. The van der Waals surface area contributed by atoms with Gasteiger partial charge in [-0.1, -0.05) is 18.2 Å². The Kier molecular flexibility index (Phi) is 3.72. The first kappa shape index (κ1) is 11.6. The van der Waals surface area contributed by atoms with Crippen LogP contribution in [0.3, 0.4) is 0 Å². The maximum absolute atomic E-state index is 13.2. The molecule has 0 spiro atoms. The number of hydrogen-bond donors (Lipinski definition) is 1. The second-order valence-corrected chi connectivity index (χ2v) is 3.65. The monoisotopic (exact) mass is 235 g/mol. The third-order valence-corrected chi connectivity index (χ3v) is 2.34. The Labute approximate surface area is 98.8 Å². The fourth-order valence-electron chi connectivity index (χ4n) is 1.46. The molecule has 0 radical (unpaired) electrons. The van der Waals surface area contributed by atoms with Crippen molar-refractivity contribution in [2.24, 2.45) is 0 Å². The molecule has 2 N–H and O–H groups in total. The number of nitrogens with zero attached hydrogens (tertiary/aromatic N) is 2. The van der Waals surface area contributed by atoms with Crippen LogP contribution in [-0.4, -0.2) is 16.4 Å². The Morgan fingerprint density at radius 3 is 2.82 bits per heavy atom. The molecule has 0 bridgehead atoms. The Morgan fingerprint density at radius 1 is 1.29 bits per heavy atom. The van der Waals surface area contributed by atoms with E-state index in [9.17, 15) is 4.39 Å². The minimum absolute atomic E-state index is 0.240. The summed E-state index contributed by atoms with van der Waals surface area (Å²) >= 11 is 0. The van der Waals surface area contributed by atoms with Crippen LogP contribution in [0.25, 0.3) is 0 Å². The van der Waals surface area contributed by atoms with Gasteiger partial charge in [-0.15, -0.1) is 0 Å². The van der Waals surface area contributed by atoms with Gasteiger partial charge in [-0.05, 0) is 12.1 Å². The highest BCUT2D eigenvalue weighted by Gasteiger charge is 2.00. The van der Waals surface area contributed by atoms with Crippen LogP contribution in [-0.2, 0) is 17.9 Å². The molecule has 0 fully saturated rings. The van der Waals surface area contributed by atoms with E-state index in [1.807, 2.05) is 0 Å². The van der Waals surface area contributed by atoms with Crippen LogP contribution in [0, 0.1) is 5.82 Å². The molecule has 90 valence electrons. The summed E-state index contributed by atoms with van der Waals surface area (Å²) in [6.45, 7) is 1.34. The lowest BCUT2D eigenvalue weighted by Gasteiger charge is -2.05. The van der Waals surface area contributed by atoms with Crippen LogP contribution in [0.5, 0.6) is 0 Å². The third-order valence-electron chi connectivity index (χ3n) is 2.34. The van der Waals surface area contributed by atoms with Gasteiger partial charge in [0.05, 0.1) is 19.8 Å². The maximum Gasteiger partial charge on any atom is 0.145 e. The van der Waals surface area contributed by atoms with Gasteiger partial charge in [0, 0.05) is 11.8 Å². The molecule has 1 aromatic heterocycles. The van der Waals surface area contributed by atoms with Gasteiger partial charge in [0.25, 0.3) is 0 Å². The van der Waals surface area contributed by atoms with Crippen LogP contribution >= 0.6 is 0 Å². The molecule has 0 saturated heterocycles. The first-order valence-corrected chi connectivity index (χ1v) is 5.36. The number of hydrogen-bond acceptors (Lipinski definition) is 3. The van der Waals surface area contributed by atoms with E-state index in [2.05, 4.69) is 5.10 Å². The lowest BCUT2D eigenvalue weighted by molar-refractivity contribution is 0.108. The summed E-state index contributed by atoms with van der Waals surface area (Å²) in [6, 6.07) is 8.30. The number of benzene rings is 1. The molecule has 2 rings (SSSR count). The molecule has 0 saturated carbocycles. The van der Waals surface area contributed by atoms with Crippen molar-refractivity contribution in [3.63, 3.8) is 0 Å². The number of anilines is 1. The van der Waals surface area contributed by atoms with Crippen molar-refractivity contribution in [3.05, 3.63) is 47.9 Å². The van der Waals surface area contributed by atoms with E-state index in [0.717, 1.165) is 0 Å². The van der Waals surface area contributed by atoms with Crippen LogP contribution in [0.4, 0.5) is 10.2 Å². The van der Waals surface area contributed by atoms with E-state index in [0.29, 0.717) is 24.5 Å². The normalized spacial score (nSPS) is 10.6. The number of nitrogens with two attached hydrogens (primary N) is 1. The van der Waals surface area contributed by atoms with Crippen molar-refractivity contribution >= 4 is 5.82 Å². The highest BCUT2D eigenvalue weighted by molar-refractivity contribution is 5.23. The third kappa shape index (κ3) is 3.29. The fourth-order valence-corrected chi connectivity index (χ4v) is 1.46. The minimum atomic E-state index is -0.240. The molecule has 0 aliphatic heterocycles. The van der Waals surface area contributed by atoms with Crippen molar-refractivity contribution in [2.45, 2.75) is 13.2 Å². The molecule has 17 heavy (non-hydrogen) atoms. The second-order valence-electron chi connectivity index (χ2n) is 3.65. The molecular weight excluding hydrogens is 221 g/mol. The predicted octanol–water partition coefficient (Wildman–Crippen LogP) is 1.82. The zero-order chi connectivity index (χ0) is 12.1. The van der Waals surface area contributed by atoms with Crippen molar-refractivity contribution in [1.82, 2.24) is 9.78 Å². The SMILES string of the molecule is Nc1ccn(CCOCc2ccccc2F)n1. The molecule has 4 nitrogen and oxygen atoms in total. The first-order chi connectivity index (χ1) is 8.25. The Hall–Kier alpha value is -1.88. The molecule has 2 aromatic rings. The molecule has 0 aliphatic rings. The molecule has 0 unspecified atom stereocenters. The van der Waals surface area contributed by atoms with E-state index < -0.39 is 0 Å². The molecule has 5 heteroatoms. The number of ether oxygens (including phenoxy) is 1. The van der Waals surface area contributed by atoms with Gasteiger partial charge < -0.3 is 10.5 Å². The van der Waals surface area contributed by atoms with Gasteiger partial charge in [-0.2, -0.15) is 5.10 Å². The minimum Gasteiger partial charge on any atom is -0.382 e. The van der Waals surface area contributed by atoms with E-state index in [-0.39, 0.29) is 12.4 Å². The molecule has 1 aromatic carbocycles. The van der Waals surface area contributed by atoms with Crippen molar-refractivity contribution in [2.75, 3.05) is 12.3 Å². The molecular formula is C12H14FN3O. The van der Waals surface area contributed by atoms with Crippen LogP contribution in [0.1, 0.15) is 5.56 Å². The standard InChI is InChI=1S/C12H14FN3O/c13-11-4-2-1-3-10(11)9-17-8-7-16-6-5-12(14)15-16/h1-6H,7-9H2,(H2,14,15). The zero-order valence-corrected chi connectivity index (χ0v) is 9.34. The van der Waals surface area contributed by atoms with Crippen molar-refractivity contribution in [3.8, 4) is 0 Å². The second kappa shape index (κ2) is 5.45. The van der Waals surface area contributed by atoms with Gasteiger partial charge in [-0.25, -0.2) is 4.39 Å².